The van der Waals surface area contributed by atoms with Gasteiger partial charge in [-0.1, -0.05) is 19.3 Å². The standard InChI is InChI=1S/C17H26O4/c1-19-13-9-10-15(20-2)14(11-13)16(18)17(21-3)12-7-5-4-6-8-12/h9-12,16-18H,4-8H2,1-3H3. The third kappa shape index (κ3) is 3.69. The van der Waals surface area contributed by atoms with Crippen molar-refractivity contribution in [1.29, 1.82) is 0 Å². The molecule has 0 amide bonds. The SMILES string of the molecule is COc1ccc(OC)c(C(O)C(OC)C2CCCCC2)c1. The second-order valence-electron chi connectivity index (χ2n) is 5.65. The number of benzene rings is 1. The average molecular weight is 294 g/mol. The highest BCUT2D eigenvalue weighted by molar-refractivity contribution is 5.42. The van der Waals surface area contributed by atoms with E-state index in [0.717, 1.165) is 18.4 Å². The van der Waals surface area contributed by atoms with Crippen molar-refractivity contribution in [3.05, 3.63) is 23.8 Å². The van der Waals surface area contributed by atoms with E-state index in [-0.39, 0.29) is 6.10 Å². The molecule has 0 saturated heterocycles. The quantitative estimate of drug-likeness (QED) is 0.874. The van der Waals surface area contributed by atoms with Crippen LogP contribution >= 0.6 is 0 Å². The maximum absolute atomic E-state index is 10.8. The summed E-state index contributed by atoms with van der Waals surface area (Å²) < 4.78 is 16.3. The first-order chi connectivity index (χ1) is 10.2. The first-order valence-electron chi connectivity index (χ1n) is 7.64. The van der Waals surface area contributed by atoms with Crippen LogP contribution in [0.3, 0.4) is 0 Å². The third-order valence-electron chi connectivity index (χ3n) is 4.45. The molecular weight excluding hydrogens is 268 g/mol. The molecule has 0 aliphatic heterocycles. The number of aliphatic hydroxyl groups excluding tert-OH is 1. The fourth-order valence-corrected chi connectivity index (χ4v) is 3.29. The van der Waals surface area contributed by atoms with Crippen molar-refractivity contribution in [3.63, 3.8) is 0 Å². The molecule has 4 nitrogen and oxygen atoms in total. The Bertz CT molecular complexity index is 440. The molecule has 1 aliphatic carbocycles. The molecule has 118 valence electrons. The van der Waals surface area contributed by atoms with Crippen LogP contribution < -0.4 is 9.47 Å². The minimum atomic E-state index is -0.705. The monoisotopic (exact) mass is 294 g/mol. The van der Waals surface area contributed by atoms with Gasteiger partial charge < -0.3 is 19.3 Å². The van der Waals surface area contributed by atoms with E-state index >= 15 is 0 Å². The number of rotatable bonds is 6. The summed E-state index contributed by atoms with van der Waals surface area (Å²) in [6.07, 6.45) is 5.03. The Hall–Kier alpha value is -1.26. The molecule has 1 aromatic carbocycles. The lowest BCUT2D eigenvalue weighted by Gasteiger charge is -2.33. The lowest BCUT2D eigenvalue weighted by atomic mass is 9.81. The van der Waals surface area contributed by atoms with Crippen molar-refractivity contribution in [3.8, 4) is 11.5 Å². The summed E-state index contributed by atoms with van der Waals surface area (Å²) in [6.45, 7) is 0. The minimum Gasteiger partial charge on any atom is -0.497 e. The highest BCUT2D eigenvalue weighted by atomic mass is 16.5. The van der Waals surface area contributed by atoms with Crippen LogP contribution in [0.2, 0.25) is 0 Å². The zero-order valence-electron chi connectivity index (χ0n) is 13.2. The predicted molar refractivity (Wildman–Crippen MR) is 81.9 cm³/mol. The number of ether oxygens (including phenoxy) is 3. The largest absolute Gasteiger partial charge is 0.497 e. The highest BCUT2D eigenvalue weighted by Crippen LogP contribution is 2.38. The number of aliphatic hydroxyl groups is 1. The molecule has 0 heterocycles. The maximum atomic E-state index is 10.8. The highest BCUT2D eigenvalue weighted by Gasteiger charge is 2.32. The summed E-state index contributed by atoms with van der Waals surface area (Å²) in [7, 11) is 4.91. The molecule has 1 N–H and O–H groups in total. The minimum absolute atomic E-state index is 0.202. The molecule has 0 spiro atoms. The Morgan fingerprint density at radius 2 is 1.76 bits per heavy atom. The average Bonchev–Trinajstić information content (AvgIpc) is 2.55. The summed E-state index contributed by atoms with van der Waals surface area (Å²) in [5.41, 5.74) is 0.731. The molecule has 0 aromatic heterocycles. The zero-order valence-corrected chi connectivity index (χ0v) is 13.2. The van der Waals surface area contributed by atoms with Crippen LogP contribution in [0.4, 0.5) is 0 Å². The van der Waals surface area contributed by atoms with Crippen LogP contribution in [-0.4, -0.2) is 32.5 Å². The summed E-state index contributed by atoms with van der Waals surface area (Å²) in [4.78, 5) is 0. The van der Waals surface area contributed by atoms with Crippen LogP contribution in [0.25, 0.3) is 0 Å². The molecule has 1 saturated carbocycles. The van der Waals surface area contributed by atoms with E-state index in [1.54, 1.807) is 21.3 Å². The molecule has 2 rings (SSSR count). The Balaban J connectivity index is 2.25. The first-order valence-corrected chi connectivity index (χ1v) is 7.64. The van der Waals surface area contributed by atoms with Crippen LogP contribution in [0.5, 0.6) is 11.5 Å². The van der Waals surface area contributed by atoms with E-state index in [9.17, 15) is 5.11 Å². The van der Waals surface area contributed by atoms with Gasteiger partial charge in [0.1, 0.15) is 17.6 Å². The van der Waals surface area contributed by atoms with Crippen LogP contribution in [0.15, 0.2) is 18.2 Å². The predicted octanol–water partition coefficient (Wildman–Crippen LogP) is 3.33. The van der Waals surface area contributed by atoms with Crippen molar-refractivity contribution in [1.82, 2.24) is 0 Å². The van der Waals surface area contributed by atoms with Gasteiger partial charge in [0.2, 0.25) is 0 Å². The lowest BCUT2D eigenvalue weighted by molar-refractivity contribution is -0.0566. The zero-order chi connectivity index (χ0) is 15.2. The molecular formula is C17H26O4. The number of methoxy groups -OCH3 is 3. The second kappa shape index (κ2) is 7.66. The first kappa shape index (κ1) is 16.1. The van der Waals surface area contributed by atoms with Crippen LogP contribution in [-0.2, 0) is 4.74 Å². The molecule has 21 heavy (non-hydrogen) atoms. The van der Waals surface area contributed by atoms with E-state index in [0.29, 0.717) is 17.4 Å². The molecule has 0 radical (unpaired) electrons. The van der Waals surface area contributed by atoms with E-state index in [2.05, 4.69) is 0 Å². The van der Waals surface area contributed by atoms with Gasteiger partial charge in [-0.2, -0.15) is 0 Å². The van der Waals surface area contributed by atoms with Gasteiger partial charge in [-0.3, -0.25) is 0 Å². The van der Waals surface area contributed by atoms with E-state index in [1.165, 1.54) is 19.3 Å². The molecule has 2 atom stereocenters. The molecule has 2 unspecified atom stereocenters. The second-order valence-corrected chi connectivity index (χ2v) is 5.65. The van der Waals surface area contributed by atoms with Crippen molar-refractivity contribution in [2.75, 3.05) is 21.3 Å². The lowest BCUT2D eigenvalue weighted by Crippen LogP contribution is -2.31. The Kier molecular flexibility index (Phi) is 5.88. The smallest absolute Gasteiger partial charge is 0.125 e. The Morgan fingerprint density at radius 3 is 2.33 bits per heavy atom. The molecule has 0 bridgehead atoms. The molecule has 1 aromatic rings. The molecule has 1 aliphatic rings. The maximum Gasteiger partial charge on any atom is 0.125 e. The summed E-state index contributed by atoms with van der Waals surface area (Å²) >= 11 is 0. The van der Waals surface area contributed by atoms with Gasteiger partial charge in [-0.15, -0.1) is 0 Å². The van der Waals surface area contributed by atoms with Gasteiger partial charge >= 0.3 is 0 Å². The van der Waals surface area contributed by atoms with Gasteiger partial charge in [0.15, 0.2) is 0 Å². The van der Waals surface area contributed by atoms with E-state index in [4.69, 9.17) is 14.2 Å². The van der Waals surface area contributed by atoms with Crippen molar-refractivity contribution >= 4 is 0 Å². The molecule has 4 heteroatoms. The number of hydrogen-bond donors (Lipinski definition) is 1. The summed E-state index contributed by atoms with van der Waals surface area (Å²) in [5.74, 6) is 1.78. The van der Waals surface area contributed by atoms with Crippen molar-refractivity contribution in [2.45, 2.75) is 44.3 Å². The van der Waals surface area contributed by atoms with Crippen molar-refractivity contribution < 1.29 is 19.3 Å². The van der Waals surface area contributed by atoms with Gasteiger partial charge in [0.05, 0.1) is 20.3 Å². The number of hydrogen-bond acceptors (Lipinski definition) is 4. The Labute approximate surface area is 127 Å². The summed E-state index contributed by atoms with van der Waals surface area (Å²) in [6, 6.07) is 5.49. The fourth-order valence-electron chi connectivity index (χ4n) is 3.29. The normalized spacial score (nSPS) is 19.0. The van der Waals surface area contributed by atoms with E-state index in [1.807, 2.05) is 18.2 Å². The van der Waals surface area contributed by atoms with Gasteiger partial charge in [-0.25, -0.2) is 0 Å². The topological polar surface area (TPSA) is 47.9 Å². The van der Waals surface area contributed by atoms with E-state index < -0.39 is 6.10 Å². The van der Waals surface area contributed by atoms with Crippen LogP contribution in [0, 0.1) is 5.92 Å². The van der Waals surface area contributed by atoms with Crippen molar-refractivity contribution in [2.24, 2.45) is 5.92 Å². The molecule has 1 fully saturated rings. The summed E-state index contributed by atoms with van der Waals surface area (Å²) in [5, 5.41) is 10.8. The van der Waals surface area contributed by atoms with Gasteiger partial charge in [-0.05, 0) is 37.0 Å². The Morgan fingerprint density at radius 1 is 1.05 bits per heavy atom. The van der Waals surface area contributed by atoms with Gasteiger partial charge in [0.25, 0.3) is 0 Å². The van der Waals surface area contributed by atoms with Crippen LogP contribution in [0.1, 0.15) is 43.8 Å². The van der Waals surface area contributed by atoms with Gasteiger partial charge in [0, 0.05) is 12.7 Å². The fraction of sp³-hybridized carbons (Fsp3) is 0.647. The third-order valence-corrected chi connectivity index (χ3v) is 4.45.